The Kier molecular flexibility index (Phi) is 8.49. The van der Waals surface area contributed by atoms with Crippen molar-refractivity contribution in [1.82, 2.24) is 10.6 Å². The molecule has 0 amide bonds. The molecule has 4 nitrogen and oxygen atoms in total. The molecule has 0 fully saturated rings. The van der Waals surface area contributed by atoms with Crippen molar-refractivity contribution < 1.29 is 9.13 Å². The van der Waals surface area contributed by atoms with Crippen molar-refractivity contribution in [3.63, 3.8) is 0 Å². The molecule has 2 N–H and O–H groups in total. The summed E-state index contributed by atoms with van der Waals surface area (Å²) in [6.07, 6.45) is 1.85. The van der Waals surface area contributed by atoms with Gasteiger partial charge < -0.3 is 15.4 Å². The van der Waals surface area contributed by atoms with E-state index in [9.17, 15) is 4.39 Å². The normalized spacial score (nSPS) is 11.4. The lowest BCUT2D eigenvalue weighted by molar-refractivity contribution is 0.135. The van der Waals surface area contributed by atoms with Crippen molar-refractivity contribution in [3.8, 4) is 0 Å². The smallest absolute Gasteiger partial charge is 0.191 e. The average Bonchev–Trinajstić information content (AvgIpc) is 2.65. The molecule has 2 aromatic carbocycles. The standard InChI is InChI=1S/C20H26FN3O/c1-22-20(24-16-18-8-10-19(21)11-9-18)23-13-5-14-25-15-12-17-6-3-2-4-7-17/h2-4,6-11H,5,12-16H2,1H3,(H2,22,23,24). The second-order valence-electron chi connectivity index (χ2n) is 5.68. The molecule has 5 heteroatoms. The van der Waals surface area contributed by atoms with Crippen molar-refractivity contribution >= 4 is 5.96 Å². The second-order valence-corrected chi connectivity index (χ2v) is 5.68. The summed E-state index contributed by atoms with van der Waals surface area (Å²) in [5.74, 6) is 0.507. The summed E-state index contributed by atoms with van der Waals surface area (Å²) >= 11 is 0. The number of rotatable bonds is 9. The average molecular weight is 343 g/mol. The van der Waals surface area contributed by atoms with Gasteiger partial charge in [-0.1, -0.05) is 42.5 Å². The van der Waals surface area contributed by atoms with E-state index in [4.69, 9.17) is 4.74 Å². The zero-order valence-electron chi connectivity index (χ0n) is 14.7. The van der Waals surface area contributed by atoms with E-state index in [-0.39, 0.29) is 5.82 Å². The molecule has 0 saturated heterocycles. The number of hydrogen-bond acceptors (Lipinski definition) is 2. The second kappa shape index (κ2) is 11.2. The summed E-state index contributed by atoms with van der Waals surface area (Å²) in [4.78, 5) is 4.17. The number of halogens is 1. The Morgan fingerprint density at radius 3 is 2.44 bits per heavy atom. The lowest BCUT2D eigenvalue weighted by Crippen LogP contribution is -2.37. The zero-order valence-corrected chi connectivity index (χ0v) is 14.7. The van der Waals surface area contributed by atoms with Crippen LogP contribution in [0.4, 0.5) is 4.39 Å². The van der Waals surface area contributed by atoms with E-state index in [0.717, 1.165) is 44.1 Å². The Bertz CT molecular complexity index is 629. The Morgan fingerprint density at radius 2 is 1.72 bits per heavy atom. The molecule has 0 heterocycles. The van der Waals surface area contributed by atoms with Gasteiger partial charge in [0, 0.05) is 26.7 Å². The number of benzene rings is 2. The lowest BCUT2D eigenvalue weighted by atomic mass is 10.2. The third kappa shape index (κ3) is 7.81. The van der Waals surface area contributed by atoms with Gasteiger partial charge in [0.15, 0.2) is 5.96 Å². The maximum atomic E-state index is 12.9. The first-order chi connectivity index (χ1) is 12.3. The zero-order chi connectivity index (χ0) is 17.7. The monoisotopic (exact) mass is 343 g/mol. The van der Waals surface area contributed by atoms with E-state index in [1.165, 1.54) is 17.7 Å². The Morgan fingerprint density at radius 1 is 0.960 bits per heavy atom. The summed E-state index contributed by atoms with van der Waals surface area (Å²) in [5, 5.41) is 6.45. The van der Waals surface area contributed by atoms with Gasteiger partial charge in [0.2, 0.25) is 0 Å². The van der Waals surface area contributed by atoms with E-state index < -0.39 is 0 Å². The van der Waals surface area contributed by atoms with Crippen molar-refractivity contribution in [3.05, 3.63) is 71.5 Å². The minimum absolute atomic E-state index is 0.224. The highest BCUT2D eigenvalue weighted by Gasteiger charge is 1.99. The number of aliphatic imine (C=N–C) groups is 1. The Balaban J connectivity index is 1.53. The first kappa shape index (κ1) is 18.9. The number of ether oxygens (including phenoxy) is 1. The predicted molar refractivity (Wildman–Crippen MR) is 100 cm³/mol. The van der Waals surface area contributed by atoms with Crippen molar-refractivity contribution in [1.29, 1.82) is 0 Å². The fourth-order valence-electron chi connectivity index (χ4n) is 2.33. The third-order valence-corrected chi connectivity index (χ3v) is 3.73. The van der Waals surface area contributed by atoms with Gasteiger partial charge in [-0.05, 0) is 36.1 Å². The highest BCUT2D eigenvalue weighted by molar-refractivity contribution is 5.79. The lowest BCUT2D eigenvalue weighted by Gasteiger charge is -2.12. The van der Waals surface area contributed by atoms with E-state index in [1.54, 1.807) is 19.2 Å². The number of guanidine groups is 1. The van der Waals surface area contributed by atoms with Crippen LogP contribution in [0.2, 0.25) is 0 Å². The maximum Gasteiger partial charge on any atom is 0.191 e. The highest BCUT2D eigenvalue weighted by Crippen LogP contribution is 2.02. The molecule has 0 aliphatic heterocycles. The van der Waals surface area contributed by atoms with Crippen LogP contribution in [0.3, 0.4) is 0 Å². The van der Waals surface area contributed by atoms with Crippen LogP contribution in [-0.2, 0) is 17.7 Å². The molecular weight excluding hydrogens is 317 g/mol. The minimum atomic E-state index is -0.224. The quantitative estimate of drug-likeness (QED) is 0.418. The largest absolute Gasteiger partial charge is 0.381 e. The molecule has 0 radical (unpaired) electrons. The topological polar surface area (TPSA) is 45.7 Å². The van der Waals surface area contributed by atoms with Crippen molar-refractivity contribution in [2.45, 2.75) is 19.4 Å². The summed E-state index contributed by atoms with van der Waals surface area (Å²) in [7, 11) is 1.73. The van der Waals surface area contributed by atoms with Crippen LogP contribution in [-0.4, -0.2) is 32.8 Å². The summed E-state index contributed by atoms with van der Waals surface area (Å²) in [6.45, 7) is 2.85. The van der Waals surface area contributed by atoms with Crippen molar-refractivity contribution in [2.75, 3.05) is 26.8 Å². The van der Waals surface area contributed by atoms with Crippen molar-refractivity contribution in [2.24, 2.45) is 4.99 Å². The first-order valence-corrected chi connectivity index (χ1v) is 8.58. The van der Waals surface area contributed by atoms with Gasteiger partial charge in [-0.2, -0.15) is 0 Å². The molecule has 0 atom stereocenters. The maximum absolute atomic E-state index is 12.9. The SMILES string of the molecule is CN=C(NCCCOCCc1ccccc1)NCc1ccc(F)cc1. The number of nitrogens with one attached hydrogen (secondary N) is 2. The first-order valence-electron chi connectivity index (χ1n) is 8.58. The Labute approximate surface area is 149 Å². The van der Waals surface area contributed by atoms with Crippen LogP contribution in [0.25, 0.3) is 0 Å². The van der Waals surface area contributed by atoms with Gasteiger partial charge in [-0.15, -0.1) is 0 Å². The molecule has 2 rings (SSSR count). The molecule has 0 unspecified atom stereocenters. The fourth-order valence-corrected chi connectivity index (χ4v) is 2.33. The molecule has 0 saturated carbocycles. The molecule has 0 bridgehead atoms. The molecule has 0 aromatic heterocycles. The summed E-state index contributed by atoms with van der Waals surface area (Å²) < 4.78 is 18.5. The Hall–Kier alpha value is -2.40. The molecular formula is C20H26FN3O. The van der Waals surface area contributed by atoms with Gasteiger partial charge in [0.05, 0.1) is 6.61 Å². The van der Waals surface area contributed by atoms with Crippen LogP contribution in [0.15, 0.2) is 59.6 Å². The molecule has 0 aliphatic rings. The molecule has 2 aromatic rings. The third-order valence-electron chi connectivity index (χ3n) is 3.73. The highest BCUT2D eigenvalue weighted by atomic mass is 19.1. The van der Waals surface area contributed by atoms with Crippen LogP contribution < -0.4 is 10.6 Å². The van der Waals surface area contributed by atoms with E-state index in [0.29, 0.717) is 6.54 Å². The van der Waals surface area contributed by atoms with Gasteiger partial charge in [-0.3, -0.25) is 4.99 Å². The number of nitrogens with zero attached hydrogens (tertiary/aromatic N) is 1. The molecule has 25 heavy (non-hydrogen) atoms. The van der Waals surface area contributed by atoms with Gasteiger partial charge in [0.25, 0.3) is 0 Å². The van der Waals surface area contributed by atoms with Gasteiger partial charge in [0.1, 0.15) is 5.82 Å². The van der Waals surface area contributed by atoms with Crippen LogP contribution >= 0.6 is 0 Å². The summed E-state index contributed by atoms with van der Waals surface area (Å²) in [6, 6.07) is 16.8. The van der Waals surface area contributed by atoms with E-state index in [2.05, 4.69) is 27.8 Å². The van der Waals surface area contributed by atoms with Crippen LogP contribution in [0, 0.1) is 5.82 Å². The van der Waals surface area contributed by atoms with Crippen LogP contribution in [0.5, 0.6) is 0 Å². The summed E-state index contributed by atoms with van der Waals surface area (Å²) in [5.41, 5.74) is 2.31. The minimum Gasteiger partial charge on any atom is -0.381 e. The number of hydrogen-bond donors (Lipinski definition) is 2. The van der Waals surface area contributed by atoms with Gasteiger partial charge >= 0.3 is 0 Å². The molecule has 134 valence electrons. The van der Waals surface area contributed by atoms with Crippen LogP contribution in [0.1, 0.15) is 17.5 Å². The predicted octanol–water partition coefficient (Wildman–Crippen LogP) is 3.14. The molecule has 0 spiro atoms. The molecule has 0 aliphatic carbocycles. The fraction of sp³-hybridized carbons (Fsp3) is 0.350. The van der Waals surface area contributed by atoms with Gasteiger partial charge in [-0.25, -0.2) is 4.39 Å². The van der Waals surface area contributed by atoms with E-state index >= 15 is 0 Å². The van der Waals surface area contributed by atoms with E-state index in [1.807, 2.05) is 18.2 Å².